The highest BCUT2D eigenvalue weighted by Crippen LogP contribution is 2.64. The highest BCUT2D eigenvalue weighted by Gasteiger charge is 2.68. The van der Waals surface area contributed by atoms with Gasteiger partial charge >= 0.3 is 65.7 Å². The van der Waals surface area contributed by atoms with Crippen LogP contribution < -0.4 is 0 Å². The third kappa shape index (κ3) is 25.8. The fraction of sp³-hybridized carbons (Fsp3) is 0.894. The Morgan fingerprint density at radius 2 is 0.677 bits per heavy atom. The maximum Gasteiger partial charge on any atom is 0.344 e. The minimum absolute atomic E-state index is 0.00636. The standard InChI is InChI=1S/2C16H22O6.2C16H26O4.C15H28O2.C13H24O2.C12H22O2/c2*1-4-16(2,3)15(19)20-7-11(17)21-12-8-5-9-10(6-8)14(18)22-13(9)12;2*1-4-13(2,3)12(17)20-16-7-11-5-14(18,9-16)8-15(19,6-11)10-16;1-6-14(2,3)13(16)17-15(4,5)12-10-8-7-9-11-12;1-5-12(3,4)11(14)15-13(6-2)9-7-8-10-13;1-4-12(2,3)11(13)14-10-8-6-5-7-9-10/h2*8-10,12-13H,4-7H2,1-3H3;2*11,18-19H,4-10H2,1-3H3;12H,6-11H2,1-5H3;5-10H2,1-4H3;10H,4-9H2,1-3H3. The monoisotopic (exact) mass is 1840 g/mol. The first kappa shape index (κ1) is 108. The van der Waals surface area contributed by atoms with E-state index < -0.39 is 79.1 Å². The highest BCUT2D eigenvalue weighted by molar-refractivity contribution is 5.83. The Labute approximate surface area is 776 Å². The summed E-state index contributed by atoms with van der Waals surface area (Å²) in [6.45, 7) is 45.7. The molecule has 17 rings (SSSR count). The number of esters is 11. The molecule has 0 aromatic heterocycles. The molecular weight excluding hydrogens is 1670 g/mol. The van der Waals surface area contributed by atoms with Gasteiger partial charge in [-0.2, -0.15) is 0 Å². The van der Waals surface area contributed by atoms with E-state index in [2.05, 4.69) is 20.8 Å². The van der Waals surface area contributed by atoms with Crippen LogP contribution in [0.4, 0.5) is 0 Å². The number of fused-ring (bicyclic) bond motifs is 2. The Kier molecular flexibility index (Phi) is 34.4. The van der Waals surface area contributed by atoms with E-state index in [1.165, 1.54) is 64.2 Å². The van der Waals surface area contributed by atoms with Crippen molar-refractivity contribution in [2.24, 2.45) is 91.2 Å². The first-order valence-corrected chi connectivity index (χ1v) is 50.4. The molecule has 742 valence electrons. The molecule has 26 nitrogen and oxygen atoms in total. The lowest BCUT2D eigenvalue weighted by Crippen LogP contribution is -2.67. The van der Waals surface area contributed by atoms with Gasteiger partial charge in [0.05, 0.1) is 72.1 Å². The van der Waals surface area contributed by atoms with E-state index in [4.69, 9.17) is 52.1 Å². The summed E-state index contributed by atoms with van der Waals surface area (Å²) in [6, 6.07) is 0. The molecule has 0 radical (unpaired) electrons. The summed E-state index contributed by atoms with van der Waals surface area (Å²) in [5, 5.41) is 42.6. The average Bonchev–Trinajstić information content (AvgIpc) is 1.22. The SMILES string of the molecule is CCC(C)(C)C(=O)OC(C)(C)C1CCCCC1.CCC(C)(C)C(=O)OC12CC3CC(O)(CC(O)(C3)C1)C2.CCC(C)(C)C(=O)OC12CC3CC(O)(CC(O)(C3)C1)C2.CCC(C)(C)C(=O)OC1CCCCC1.CCC(C)(C)C(=O)OCC(=O)OC1C2CC3C(=O)OC1C3C2.CCC(C)(C)C(=O)OCC(=O)OC1C2CC3C(=O)OC1C3C2.CCC1(OC(=O)C(C)(C)CC)CCCC1. The molecule has 17 aliphatic rings. The van der Waals surface area contributed by atoms with E-state index >= 15 is 0 Å². The van der Waals surface area contributed by atoms with E-state index in [0.717, 1.165) is 128 Å². The van der Waals surface area contributed by atoms with Crippen molar-refractivity contribution in [1.82, 2.24) is 0 Å². The lowest BCUT2D eigenvalue weighted by molar-refractivity contribution is -0.265. The first-order valence-electron chi connectivity index (χ1n) is 50.4. The maximum atomic E-state index is 12.4. The minimum atomic E-state index is -0.842. The summed E-state index contributed by atoms with van der Waals surface area (Å²) < 4.78 is 60.4. The van der Waals surface area contributed by atoms with Crippen molar-refractivity contribution in [2.45, 2.75) is 485 Å². The number of aliphatic hydroxyl groups is 4. The second-order valence-electron chi connectivity index (χ2n) is 47.7. The molecule has 0 amide bonds. The van der Waals surface area contributed by atoms with Crippen molar-refractivity contribution >= 4 is 65.7 Å². The van der Waals surface area contributed by atoms with Gasteiger partial charge in [0.2, 0.25) is 0 Å². The van der Waals surface area contributed by atoms with Crippen molar-refractivity contribution < 1.29 is 125 Å². The van der Waals surface area contributed by atoms with Gasteiger partial charge in [-0.1, -0.05) is 81.1 Å². The number of hydrogen-bond donors (Lipinski definition) is 4. The van der Waals surface area contributed by atoms with Crippen LogP contribution in [-0.2, 0) is 105 Å². The molecule has 14 atom stereocenters. The zero-order valence-corrected chi connectivity index (χ0v) is 84.1. The molecule has 26 heteroatoms. The molecular formula is C104H170O26. The summed E-state index contributed by atoms with van der Waals surface area (Å²) in [4.78, 5) is 131. The Morgan fingerprint density at radius 3 is 1.01 bits per heavy atom. The van der Waals surface area contributed by atoms with Crippen molar-refractivity contribution in [3.63, 3.8) is 0 Å². The molecule has 0 aromatic carbocycles. The van der Waals surface area contributed by atoms with Crippen LogP contribution in [0.1, 0.15) is 410 Å². The van der Waals surface area contributed by atoms with Gasteiger partial charge in [0.15, 0.2) is 13.2 Å². The number of carbonyl (C=O) groups excluding carboxylic acids is 11. The summed E-state index contributed by atoms with van der Waals surface area (Å²) in [7, 11) is 0. The van der Waals surface area contributed by atoms with Gasteiger partial charge in [0.25, 0.3) is 0 Å². The summed E-state index contributed by atoms with van der Waals surface area (Å²) in [5.41, 5.74) is -8.32. The molecule has 2 saturated heterocycles. The van der Waals surface area contributed by atoms with Crippen molar-refractivity contribution in [1.29, 1.82) is 0 Å². The van der Waals surface area contributed by atoms with Crippen molar-refractivity contribution in [2.75, 3.05) is 13.2 Å². The molecule has 15 aliphatic carbocycles. The normalized spacial score (nSPS) is 33.2. The molecule has 12 bridgehead atoms. The van der Waals surface area contributed by atoms with Crippen LogP contribution in [0, 0.1) is 91.2 Å². The predicted molar refractivity (Wildman–Crippen MR) is 486 cm³/mol. The van der Waals surface area contributed by atoms with E-state index in [0.29, 0.717) is 57.3 Å². The van der Waals surface area contributed by atoms with E-state index in [1.54, 1.807) is 27.7 Å². The lowest BCUT2D eigenvalue weighted by Gasteiger charge is -2.62. The second-order valence-corrected chi connectivity index (χ2v) is 47.7. The quantitative estimate of drug-likeness (QED) is 0.0438. The van der Waals surface area contributed by atoms with Crippen LogP contribution in [0.3, 0.4) is 0 Å². The Hall–Kier alpha value is -5.99. The third-order valence-corrected chi connectivity index (χ3v) is 33.8. The van der Waals surface area contributed by atoms with Crippen LogP contribution in [0.5, 0.6) is 0 Å². The smallest absolute Gasteiger partial charge is 0.344 e. The van der Waals surface area contributed by atoms with Crippen LogP contribution in [0.15, 0.2) is 0 Å². The van der Waals surface area contributed by atoms with Crippen LogP contribution in [-0.4, -0.2) is 175 Å². The summed E-state index contributed by atoms with van der Waals surface area (Å²) in [5.74, 6) is -0.926. The molecule has 14 unspecified atom stereocenters. The van der Waals surface area contributed by atoms with E-state index in [1.807, 2.05) is 118 Å². The predicted octanol–water partition coefficient (Wildman–Crippen LogP) is 18.6. The number of hydrogen-bond acceptors (Lipinski definition) is 26. The van der Waals surface area contributed by atoms with Gasteiger partial charge in [-0.25, -0.2) is 9.59 Å². The summed E-state index contributed by atoms with van der Waals surface area (Å²) >= 11 is 0. The molecule has 0 spiro atoms. The zero-order chi connectivity index (χ0) is 97.0. The minimum Gasteiger partial charge on any atom is -0.462 e. The second kappa shape index (κ2) is 41.5. The maximum absolute atomic E-state index is 12.4. The number of ether oxygens (including phenoxy) is 11. The Bertz CT molecular complexity index is 3740. The fourth-order valence-electron chi connectivity index (χ4n) is 23.2. The van der Waals surface area contributed by atoms with Crippen LogP contribution >= 0.6 is 0 Å². The third-order valence-electron chi connectivity index (χ3n) is 33.8. The van der Waals surface area contributed by atoms with Crippen LogP contribution in [0.2, 0.25) is 0 Å². The van der Waals surface area contributed by atoms with Crippen molar-refractivity contribution in [3.05, 3.63) is 0 Å². The van der Waals surface area contributed by atoms with Gasteiger partial charge in [-0.3, -0.25) is 43.2 Å². The molecule has 2 aliphatic heterocycles. The topological polar surface area (TPSA) is 370 Å². The van der Waals surface area contributed by atoms with Gasteiger partial charge in [-0.05, 0) is 308 Å². The van der Waals surface area contributed by atoms with Gasteiger partial charge in [0, 0.05) is 62.2 Å². The van der Waals surface area contributed by atoms with Crippen molar-refractivity contribution in [3.8, 4) is 0 Å². The molecule has 15 saturated carbocycles. The summed E-state index contributed by atoms with van der Waals surface area (Å²) in [6.07, 6.45) is 32.3. The molecule has 130 heavy (non-hydrogen) atoms. The molecule has 4 N–H and O–H groups in total. The fourth-order valence-corrected chi connectivity index (χ4v) is 23.2. The number of carbonyl (C=O) groups is 11. The van der Waals surface area contributed by atoms with Gasteiger partial charge < -0.3 is 72.5 Å². The highest BCUT2D eigenvalue weighted by atomic mass is 16.6. The Morgan fingerprint density at radius 1 is 0.362 bits per heavy atom. The van der Waals surface area contributed by atoms with E-state index in [9.17, 15) is 73.2 Å². The van der Waals surface area contributed by atoms with Gasteiger partial charge in [-0.15, -0.1) is 0 Å². The average molecular weight is 1840 g/mol. The first-order chi connectivity index (χ1) is 60.2. The number of rotatable bonds is 27. The lowest BCUT2D eigenvalue weighted by atomic mass is 9.50. The Balaban J connectivity index is 0.000000172. The molecule has 2 heterocycles. The molecule has 0 aromatic rings. The van der Waals surface area contributed by atoms with E-state index in [-0.39, 0.29) is 160 Å². The van der Waals surface area contributed by atoms with Gasteiger partial charge in [0.1, 0.15) is 52.9 Å². The molecule has 17 fully saturated rings. The zero-order valence-electron chi connectivity index (χ0n) is 84.1. The van der Waals surface area contributed by atoms with Crippen LogP contribution in [0.25, 0.3) is 0 Å². The largest absolute Gasteiger partial charge is 0.462 e.